The average Bonchev–Trinajstić information content (AvgIpc) is 2.30. The Morgan fingerprint density at radius 1 is 1.24 bits per heavy atom. The van der Waals surface area contributed by atoms with Crippen LogP contribution >= 0.6 is 11.8 Å². The quantitative estimate of drug-likeness (QED) is 0.547. The van der Waals surface area contributed by atoms with Gasteiger partial charge in [-0.1, -0.05) is 6.42 Å². The number of aliphatic hydroxyl groups is 1. The normalized spacial score (nSPS) is 12.2. The summed E-state index contributed by atoms with van der Waals surface area (Å²) < 4.78 is 27.1. The molecule has 0 saturated heterocycles. The lowest BCUT2D eigenvalue weighted by molar-refractivity contribution is 0.275. The van der Waals surface area contributed by atoms with Crippen LogP contribution in [0.4, 0.5) is 0 Å². The zero-order chi connectivity index (χ0) is 13.1. The lowest BCUT2D eigenvalue weighted by Crippen LogP contribution is -2.39. The average molecular weight is 284 g/mol. The lowest BCUT2D eigenvalue weighted by atomic mass is 10.2. The monoisotopic (exact) mass is 284 g/mol. The molecular weight excluding hydrogens is 260 g/mol. The Bertz CT molecular complexity index is 271. The topological polar surface area (TPSA) is 69.6 Å². The minimum absolute atomic E-state index is 0.00848. The minimum Gasteiger partial charge on any atom is -0.396 e. The number of nitrogens with one attached hydrogen (secondary N) is 1. The lowest BCUT2D eigenvalue weighted by Gasteiger charge is -2.16. The van der Waals surface area contributed by atoms with Gasteiger partial charge in [-0.15, -0.1) is 0 Å². The molecule has 0 rings (SSSR count). The van der Waals surface area contributed by atoms with Gasteiger partial charge >= 0.3 is 0 Å². The van der Waals surface area contributed by atoms with Gasteiger partial charge < -0.3 is 5.11 Å². The van der Waals surface area contributed by atoms with Gasteiger partial charge in [0.1, 0.15) is 0 Å². The van der Waals surface area contributed by atoms with E-state index in [1.165, 1.54) is 11.4 Å². The molecule has 17 heavy (non-hydrogen) atoms. The molecule has 0 aromatic heterocycles. The molecule has 0 aliphatic heterocycles. The van der Waals surface area contributed by atoms with Crippen LogP contribution in [0.3, 0.4) is 0 Å². The zero-order valence-corrected chi connectivity index (χ0v) is 12.3. The van der Waals surface area contributed by atoms with Gasteiger partial charge in [-0.3, -0.25) is 0 Å². The SMILES string of the molecule is CSCCCCCNS(=O)(=O)N(C)CCCO. The maximum atomic E-state index is 11.7. The zero-order valence-electron chi connectivity index (χ0n) is 10.7. The van der Waals surface area contributed by atoms with E-state index in [2.05, 4.69) is 11.0 Å². The van der Waals surface area contributed by atoms with Gasteiger partial charge in [-0.25, -0.2) is 4.72 Å². The van der Waals surface area contributed by atoms with E-state index in [9.17, 15) is 8.42 Å². The van der Waals surface area contributed by atoms with Gasteiger partial charge in [-0.05, 0) is 31.3 Å². The van der Waals surface area contributed by atoms with Gasteiger partial charge in [0.2, 0.25) is 0 Å². The molecule has 0 heterocycles. The largest absolute Gasteiger partial charge is 0.396 e. The second-order valence-corrected chi connectivity index (χ2v) is 6.70. The molecule has 0 aromatic rings. The van der Waals surface area contributed by atoms with Crippen molar-refractivity contribution in [2.45, 2.75) is 25.7 Å². The summed E-state index contributed by atoms with van der Waals surface area (Å²) in [7, 11) is -1.84. The summed E-state index contributed by atoms with van der Waals surface area (Å²) in [6, 6.07) is 0. The number of hydrogen-bond donors (Lipinski definition) is 2. The van der Waals surface area contributed by atoms with E-state index in [0.29, 0.717) is 19.5 Å². The summed E-state index contributed by atoms with van der Waals surface area (Å²) in [6.45, 7) is 0.840. The fourth-order valence-electron chi connectivity index (χ4n) is 1.27. The molecule has 0 aliphatic carbocycles. The number of aliphatic hydroxyl groups excluding tert-OH is 1. The van der Waals surface area contributed by atoms with E-state index < -0.39 is 10.2 Å². The number of unbranched alkanes of at least 4 members (excludes halogenated alkanes) is 2. The molecule has 0 radical (unpaired) electrons. The third kappa shape index (κ3) is 8.84. The van der Waals surface area contributed by atoms with Crippen LogP contribution in [0.2, 0.25) is 0 Å². The van der Waals surface area contributed by atoms with Crippen molar-refractivity contribution in [1.29, 1.82) is 0 Å². The van der Waals surface area contributed by atoms with Crippen molar-refractivity contribution in [2.75, 3.05) is 38.8 Å². The Kier molecular flexibility index (Phi) is 10.2. The van der Waals surface area contributed by atoms with Crippen LogP contribution in [-0.4, -0.2) is 56.6 Å². The van der Waals surface area contributed by atoms with Crippen LogP contribution < -0.4 is 4.72 Å². The summed E-state index contributed by atoms with van der Waals surface area (Å²) in [5.74, 6) is 1.13. The van der Waals surface area contributed by atoms with Crippen LogP contribution in [0.15, 0.2) is 0 Å². The molecule has 2 N–H and O–H groups in total. The Balaban J connectivity index is 3.70. The van der Waals surface area contributed by atoms with Crippen LogP contribution in [0.25, 0.3) is 0 Å². The Hall–Kier alpha value is 0.180. The first-order valence-corrected chi connectivity index (χ1v) is 8.68. The number of rotatable bonds is 11. The van der Waals surface area contributed by atoms with Gasteiger partial charge in [0.25, 0.3) is 10.2 Å². The van der Waals surface area contributed by atoms with Crippen molar-refractivity contribution >= 4 is 22.0 Å². The number of thioether (sulfide) groups is 1. The highest BCUT2D eigenvalue weighted by atomic mass is 32.2. The molecule has 7 heteroatoms. The first kappa shape index (κ1) is 17.2. The van der Waals surface area contributed by atoms with Crippen molar-refractivity contribution in [1.82, 2.24) is 9.03 Å². The first-order chi connectivity index (χ1) is 8.04. The summed E-state index contributed by atoms with van der Waals surface area (Å²) >= 11 is 1.81. The number of hydrogen-bond acceptors (Lipinski definition) is 4. The third-order valence-electron chi connectivity index (χ3n) is 2.35. The summed E-state index contributed by atoms with van der Waals surface area (Å²) in [4.78, 5) is 0. The highest BCUT2D eigenvalue weighted by Crippen LogP contribution is 2.02. The highest BCUT2D eigenvalue weighted by molar-refractivity contribution is 7.98. The minimum atomic E-state index is -3.36. The van der Waals surface area contributed by atoms with E-state index in [1.54, 1.807) is 0 Å². The molecular formula is C10H24N2O3S2. The molecule has 0 saturated carbocycles. The molecule has 0 amide bonds. The van der Waals surface area contributed by atoms with E-state index >= 15 is 0 Å². The Morgan fingerprint density at radius 3 is 2.53 bits per heavy atom. The second kappa shape index (κ2) is 10.1. The molecule has 0 bridgehead atoms. The predicted octanol–water partition coefficient (Wildman–Crippen LogP) is 0.668. The second-order valence-electron chi connectivity index (χ2n) is 3.85. The van der Waals surface area contributed by atoms with E-state index in [-0.39, 0.29) is 6.61 Å². The molecule has 0 atom stereocenters. The van der Waals surface area contributed by atoms with E-state index in [1.807, 2.05) is 11.8 Å². The highest BCUT2D eigenvalue weighted by Gasteiger charge is 2.15. The summed E-state index contributed by atoms with van der Waals surface area (Å²) in [5, 5.41) is 8.63. The van der Waals surface area contributed by atoms with Crippen molar-refractivity contribution in [2.24, 2.45) is 0 Å². The molecule has 0 aliphatic rings. The maximum Gasteiger partial charge on any atom is 0.279 e. The van der Waals surface area contributed by atoms with Crippen LogP contribution in [-0.2, 0) is 10.2 Å². The molecule has 104 valence electrons. The van der Waals surface area contributed by atoms with Crippen molar-refractivity contribution in [3.8, 4) is 0 Å². The van der Waals surface area contributed by atoms with Gasteiger partial charge in [0.15, 0.2) is 0 Å². The van der Waals surface area contributed by atoms with E-state index in [0.717, 1.165) is 25.0 Å². The third-order valence-corrected chi connectivity index (χ3v) is 4.62. The smallest absolute Gasteiger partial charge is 0.279 e. The molecule has 5 nitrogen and oxygen atoms in total. The first-order valence-electron chi connectivity index (χ1n) is 5.85. The Labute approximate surface area is 109 Å². The van der Waals surface area contributed by atoms with Crippen LogP contribution in [0, 0.1) is 0 Å². The molecule has 0 spiro atoms. The summed E-state index contributed by atoms with van der Waals surface area (Å²) in [5.41, 5.74) is 0. The van der Waals surface area contributed by atoms with Crippen LogP contribution in [0.1, 0.15) is 25.7 Å². The summed E-state index contributed by atoms with van der Waals surface area (Å²) in [6.07, 6.45) is 5.57. The molecule has 0 unspecified atom stereocenters. The van der Waals surface area contributed by atoms with Gasteiger partial charge in [0, 0.05) is 26.7 Å². The fourth-order valence-corrected chi connectivity index (χ4v) is 2.76. The van der Waals surface area contributed by atoms with E-state index in [4.69, 9.17) is 5.11 Å². The predicted molar refractivity (Wildman–Crippen MR) is 73.5 cm³/mol. The fraction of sp³-hybridized carbons (Fsp3) is 1.00. The standard InChI is InChI=1S/C10H24N2O3S2/c1-12(8-6-9-13)17(14,15)11-7-4-3-5-10-16-2/h11,13H,3-10H2,1-2H3. The van der Waals surface area contributed by atoms with Crippen molar-refractivity contribution in [3.63, 3.8) is 0 Å². The maximum absolute atomic E-state index is 11.7. The molecule has 0 aromatic carbocycles. The number of nitrogens with zero attached hydrogens (tertiary/aromatic N) is 1. The Morgan fingerprint density at radius 2 is 1.94 bits per heavy atom. The van der Waals surface area contributed by atoms with Crippen molar-refractivity contribution in [3.05, 3.63) is 0 Å². The van der Waals surface area contributed by atoms with Gasteiger partial charge in [-0.2, -0.15) is 24.5 Å². The molecule has 0 fully saturated rings. The van der Waals surface area contributed by atoms with Gasteiger partial charge in [0.05, 0.1) is 0 Å². The van der Waals surface area contributed by atoms with Crippen LogP contribution in [0.5, 0.6) is 0 Å². The van der Waals surface area contributed by atoms with Crippen molar-refractivity contribution < 1.29 is 13.5 Å².